The van der Waals surface area contributed by atoms with Crippen LogP contribution in [0.4, 0.5) is 0 Å². The summed E-state index contributed by atoms with van der Waals surface area (Å²) in [5.41, 5.74) is 0.237. The fraction of sp³-hybridized carbons (Fsp3) is 0.591. The van der Waals surface area contributed by atoms with Gasteiger partial charge in [0.25, 0.3) is 5.56 Å². The van der Waals surface area contributed by atoms with E-state index in [1.807, 2.05) is 0 Å². The number of fused-ring (bicyclic) bond motifs is 2. The van der Waals surface area contributed by atoms with Gasteiger partial charge in [-0.3, -0.25) is 14.2 Å². The van der Waals surface area contributed by atoms with E-state index in [-0.39, 0.29) is 18.0 Å². The molecular formula is C22H30N4O4. The van der Waals surface area contributed by atoms with E-state index in [0.717, 1.165) is 6.42 Å². The van der Waals surface area contributed by atoms with Gasteiger partial charge in [-0.1, -0.05) is 6.42 Å². The molecule has 2 aromatic rings. The normalized spacial score (nSPS) is 21.8. The van der Waals surface area contributed by atoms with Crippen molar-refractivity contribution in [2.75, 3.05) is 33.9 Å². The van der Waals surface area contributed by atoms with E-state index >= 15 is 0 Å². The number of rotatable bonds is 6. The lowest BCUT2D eigenvalue weighted by molar-refractivity contribution is -0.122. The largest absolute Gasteiger partial charge is 0.493 e. The first-order chi connectivity index (χ1) is 14.6. The second-order valence-corrected chi connectivity index (χ2v) is 8.21. The fourth-order valence-electron chi connectivity index (χ4n) is 4.87. The predicted molar refractivity (Wildman–Crippen MR) is 114 cm³/mol. The monoisotopic (exact) mass is 414 g/mol. The molecule has 3 heterocycles. The Morgan fingerprint density at radius 3 is 2.70 bits per heavy atom. The molecule has 4 rings (SSSR count). The van der Waals surface area contributed by atoms with Gasteiger partial charge in [0.1, 0.15) is 6.54 Å². The van der Waals surface area contributed by atoms with E-state index in [2.05, 4.69) is 15.2 Å². The molecule has 0 radical (unpaired) electrons. The fourth-order valence-corrected chi connectivity index (χ4v) is 4.87. The molecule has 2 fully saturated rings. The molecule has 162 valence electrons. The summed E-state index contributed by atoms with van der Waals surface area (Å²) in [7, 11) is 3.05. The first kappa shape index (κ1) is 20.7. The molecule has 2 unspecified atom stereocenters. The van der Waals surface area contributed by atoms with Crippen molar-refractivity contribution >= 4 is 16.8 Å². The van der Waals surface area contributed by atoms with Crippen LogP contribution in [-0.2, 0) is 11.3 Å². The summed E-state index contributed by atoms with van der Waals surface area (Å²) in [6, 6.07) is 3.86. The molecular weight excluding hydrogens is 384 g/mol. The van der Waals surface area contributed by atoms with E-state index in [4.69, 9.17) is 9.47 Å². The number of nitrogens with zero attached hydrogens (tertiary/aromatic N) is 3. The molecule has 0 aliphatic carbocycles. The number of amides is 1. The molecule has 1 amide bonds. The quantitative estimate of drug-likeness (QED) is 0.776. The van der Waals surface area contributed by atoms with Gasteiger partial charge in [0.2, 0.25) is 5.91 Å². The van der Waals surface area contributed by atoms with Gasteiger partial charge in [0, 0.05) is 18.7 Å². The number of nitrogens with one attached hydrogen (secondary N) is 1. The third-order valence-corrected chi connectivity index (χ3v) is 6.43. The number of piperidine rings is 2. The second-order valence-electron chi connectivity index (χ2n) is 8.21. The van der Waals surface area contributed by atoms with Crippen LogP contribution in [0.3, 0.4) is 0 Å². The molecule has 1 N–H and O–H groups in total. The van der Waals surface area contributed by atoms with Crippen LogP contribution in [0.1, 0.15) is 32.1 Å². The Labute approximate surface area is 176 Å². The number of aromatic nitrogens is 2. The van der Waals surface area contributed by atoms with Crippen LogP contribution < -0.4 is 20.3 Å². The minimum atomic E-state index is -0.271. The molecule has 0 bridgehead atoms. The van der Waals surface area contributed by atoms with Crippen LogP contribution in [0, 0.1) is 5.92 Å². The van der Waals surface area contributed by atoms with Gasteiger partial charge >= 0.3 is 0 Å². The van der Waals surface area contributed by atoms with Crippen molar-refractivity contribution in [3.63, 3.8) is 0 Å². The Balaban J connectivity index is 1.44. The molecule has 2 saturated heterocycles. The molecule has 2 aliphatic heterocycles. The molecule has 1 aromatic heterocycles. The van der Waals surface area contributed by atoms with E-state index in [1.54, 1.807) is 12.1 Å². The highest BCUT2D eigenvalue weighted by Crippen LogP contribution is 2.31. The second kappa shape index (κ2) is 9.04. The lowest BCUT2D eigenvalue weighted by Gasteiger charge is -2.44. The number of ether oxygens (including phenoxy) is 2. The van der Waals surface area contributed by atoms with Gasteiger partial charge in [0.05, 0.1) is 31.4 Å². The molecule has 2 aliphatic rings. The van der Waals surface area contributed by atoms with Gasteiger partial charge in [-0.05, 0) is 50.8 Å². The lowest BCUT2D eigenvalue weighted by Crippen LogP contribution is -2.51. The molecule has 8 heteroatoms. The van der Waals surface area contributed by atoms with Gasteiger partial charge in [-0.2, -0.15) is 0 Å². The van der Waals surface area contributed by atoms with E-state index in [0.29, 0.717) is 40.9 Å². The van der Waals surface area contributed by atoms with Crippen molar-refractivity contribution in [3.8, 4) is 11.5 Å². The molecule has 30 heavy (non-hydrogen) atoms. The molecule has 0 spiro atoms. The summed E-state index contributed by atoms with van der Waals surface area (Å²) in [6.45, 7) is 2.99. The zero-order valence-corrected chi connectivity index (χ0v) is 17.7. The summed E-state index contributed by atoms with van der Waals surface area (Å²) in [6.07, 6.45) is 7.54. The Kier molecular flexibility index (Phi) is 6.22. The summed E-state index contributed by atoms with van der Waals surface area (Å²) in [5.74, 6) is 1.30. The maximum atomic E-state index is 12.9. The van der Waals surface area contributed by atoms with Gasteiger partial charge < -0.3 is 19.7 Å². The first-order valence-corrected chi connectivity index (χ1v) is 10.7. The van der Waals surface area contributed by atoms with Crippen LogP contribution in [0.5, 0.6) is 11.5 Å². The van der Waals surface area contributed by atoms with Crippen molar-refractivity contribution < 1.29 is 14.3 Å². The number of carbonyl (C=O) groups is 1. The Bertz CT molecular complexity index is 971. The van der Waals surface area contributed by atoms with Crippen molar-refractivity contribution in [3.05, 3.63) is 28.8 Å². The smallest absolute Gasteiger partial charge is 0.261 e. The topological polar surface area (TPSA) is 85.7 Å². The van der Waals surface area contributed by atoms with Crippen LogP contribution >= 0.6 is 0 Å². The maximum absolute atomic E-state index is 12.9. The van der Waals surface area contributed by atoms with Crippen LogP contribution in [0.15, 0.2) is 23.3 Å². The van der Waals surface area contributed by atoms with Gasteiger partial charge in [0.15, 0.2) is 11.5 Å². The molecule has 1 aromatic carbocycles. The SMILES string of the molecule is COc1cc2ncn(CC(=O)NCC3CCCN4CCCCC34)c(=O)c2cc1OC. The van der Waals surface area contributed by atoms with E-state index in [9.17, 15) is 9.59 Å². The van der Waals surface area contributed by atoms with Crippen LogP contribution in [-0.4, -0.2) is 60.3 Å². The molecule has 8 nitrogen and oxygen atoms in total. The minimum Gasteiger partial charge on any atom is -0.493 e. The molecule has 0 saturated carbocycles. The lowest BCUT2D eigenvalue weighted by atomic mass is 9.83. The highest BCUT2D eigenvalue weighted by molar-refractivity contribution is 5.82. The maximum Gasteiger partial charge on any atom is 0.261 e. The average Bonchev–Trinajstić information content (AvgIpc) is 2.78. The number of hydrogen-bond acceptors (Lipinski definition) is 6. The highest BCUT2D eigenvalue weighted by Gasteiger charge is 2.32. The summed E-state index contributed by atoms with van der Waals surface area (Å²) in [5, 5.41) is 3.45. The van der Waals surface area contributed by atoms with Gasteiger partial charge in [-0.25, -0.2) is 4.98 Å². The number of hydrogen-bond donors (Lipinski definition) is 1. The number of benzene rings is 1. The predicted octanol–water partition coefficient (Wildman–Crippen LogP) is 1.79. The van der Waals surface area contributed by atoms with Crippen molar-refractivity contribution in [1.82, 2.24) is 19.8 Å². The Hall–Kier alpha value is -2.61. The first-order valence-electron chi connectivity index (χ1n) is 10.7. The number of methoxy groups -OCH3 is 2. The van der Waals surface area contributed by atoms with Crippen LogP contribution in [0.2, 0.25) is 0 Å². The number of carbonyl (C=O) groups excluding carboxylic acids is 1. The van der Waals surface area contributed by atoms with E-state index in [1.165, 1.54) is 63.9 Å². The summed E-state index contributed by atoms with van der Waals surface area (Å²) >= 11 is 0. The van der Waals surface area contributed by atoms with Crippen molar-refractivity contribution in [2.24, 2.45) is 5.92 Å². The molecule has 2 atom stereocenters. The minimum absolute atomic E-state index is 0.0444. The third-order valence-electron chi connectivity index (χ3n) is 6.43. The van der Waals surface area contributed by atoms with Crippen LogP contribution in [0.25, 0.3) is 10.9 Å². The zero-order valence-electron chi connectivity index (χ0n) is 17.7. The average molecular weight is 415 g/mol. The Morgan fingerprint density at radius 2 is 1.90 bits per heavy atom. The van der Waals surface area contributed by atoms with E-state index < -0.39 is 0 Å². The van der Waals surface area contributed by atoms with Crippen molar-refractivity contribution in [2.45, 2.75) is 44.7 Å². The third kappa shape index (κ3) is 4.14. The summed E-state index contributed by atoms with van der Waals surface area (Å²) in [4.78, 5) is 32.3. The summed E-state index contributed by atoms with van der Waals surface area (Å²) < 4.78 is 11.9. The highest BCUT2D eigenvalue weighted by atomic mass is 16.5. The van der Waals surface area contributed by atoms with Gasteiger partial charge in [-0.15, -0.1) is 0 Å². The standard InChI is InChI=1S/C22H30N4O4/c1-29-19-10-16-17(11-20(19)30-2)24-14-26(22(16)28)13-21(27)23-12-15-6-5-9-25-8-4-3-7-18(15)25/h10-11,14-15,18H,3-9,12-13H2,1-2H3,(H,23,27). The zero-order chi connectivity index (χ0) is 21.1. The Morgan fingerprint density at radius 1 is 1.13 bits per heavy atom. The van der Waals surface area contributed by atoms with Crippen molar-refractivity contribution in [1.29, 1.82) is 0 Å².